The first-order valence-corrected chi connectivity index (χ1v) is 8.26. The van der Waals surface area contributed by atoms with Gasteiger partial charge in [-0.3, -0.25) is 9.36 Å². The number of ether oxygens (including phenoxy) is 1. The molecule has 8 heteroatoms. The topological polar surface area (TPSA) is 79.0 Å². The first-order chi connectivity index (χ1) is 12.1. The lowest BCUT2D eigenvalue weighted by Gasteiger charge is -2.15. The highest BCUT2D eigenvalue weighted by Crippen LogP contribution is 2.15. The van der Waals surface area contributed by atoms with Gasteiger partial charge in [0.15, 0.2) is 5.82 Å². The number of pyridine rings is 2. The summed E-state index contributed by atoms with van der Waals surface area (Å²) in [7, 11) is 0. The van der Waals surface area contributed by atoms with Crippen LogP contribution in [0.4, 0.5) is 0 Å². The minimum absolute atomic E-state index is 0.185. The Bertz CT molecular complexity index is 949. The smallest absolute Gasteiger partial charge is 0.352 e. The normalized spacial score (nSPS) is 11.1. The molecule has 130 valence electrons. The van der Waals surface area contributed by atoms with Crippen LogP contribution in [0.3, 0.4) is 0 Å². The van der Waals surface area contributed by atoms with Crippen molar-refractivity contribution >= 4 is 11.6 Å². The van der Waals surface area contributed by atoms with E-state index in [1.54, 1.807) is 35.2 Å². The summed E-state index contributed by atoms with van der Waals surface area (Å²) in [5.41, 5.74) is 0.335. The highest BCUT2D eigenvalue weighted by molar-refractivity contribution is 6.29. The zero-order valence-electron chi connectivity index (χ0n) is 13.7. The quantitative estimate of drug-likeness (QED) is 0.493. The van der Waals surface area contributed by atoms with Gasteiger partial charge in [-0.15, -0.1) is 0 Å². The molecule has 0 bridgehead atoms. The van der Waals surface area contributed by atoms with Crippen molar-refractivity contribution in [3.05, 3.63) is 68.2 Å². The summed E-state index contributed by atoms with van der Waals surface area (Å²) in [6, 6.07) is 6.95. The Morgan fingerprint density at radius 3 is 2.80 bits per heavy atom. The Morgan fingerprint density at radius 2 is 2.08 bits per heavy atom. The van der Waals surface area contributed by atoms with Gasteiger partial charge in [0.05, 0.1) is 25.3 Å². The highest BCUT2D eigenvalue weighted by Gasteiger charge is 2.17. The van der Waals surface area contributed by atoms with Crippen molar-refractivity contribution in [3.8, 4) is 11.4 Å². The molecule has 2 aliphatic heterocycles. The van der Waals surface area contributed by atoms with E-state index >= 15 is 0 Å². The van der Waals surface area contributed by atoms with E-state index in [0.29, 0.717) is 36.3 Å². The molecule has 2 aliphatic rings. The van der Waals surface area contributed by atoms with E-state index < -0.39 is 5.69 Å². The molecule has 0 amide bonds. The third-order valence-electron chi connectivity index (χ3n) is 3.75. The Morgan fingerprint density at radius 1 is 1.24 bits per heavy atom. The van der Waals surface area contributed by atoms with Crippen LogP contribution >= 0.6 is 11.6 Å². The number of hydrogen-bond acceptors (Lipinski definition) is 5. The van der Waals surface area contributed by atoms with Gasteiger partial charge in [0, 0.05) is 19.0 Å². The molecule has 0 radical (unpaired) electrons. The first kappa shape index (κ1) is 17.3. The number of rotatable bonds is 6. The molecule has 0 atom stereocenters. The molecule has 0 aromatic carbocycles. The molecule has 3 rings (SSSR count). The molecule has 3 heterocycles. The second kappa shape index (κ2) is 7.58. The van der Waals surface area contributed by atoms with Crippen molar-refractivity contribution in [2.75, 3.05) is 13.2 Å². The number of nitrogens with zero attached hydrogens (tertiary/aromatic N) is 4. The van der Waals surface area contributed by atoms with Crippen molar-refractivity contribution in [2.45, 2.75) is 20.0 Å². The number of aromatic nitrogens is 4. The molecule has 0 saturated carbocycles. The zero-order valence-corrected chi connectivity index (χ0v) is 14.4. The van der Waals surface area contributed by atoms with Crippen molar-refractivity contribution < 1.29 is 4.74 Å². The summed E-state index contributed by atoms with van der Waals surface area (Å²) in [4.78, 5) is 33.0. The molecular formula is C17H17ClN4O3. The van der Waals surface area contributed by atoms with Gasteiger partial charge in [0.2, 0.25) is 0 Å². The van der Waals surface area contributed by atoms with Crippen LogP contribution in [0.15, 0.2) is 46.2 Å². The molecule has 0 aliphatic carbocycles. The second-order valence-corrected chi connectivity index (χ2v) is 5.80. The fourth-order valence-electron chi connectivity index (χ4n) is 2.54. The lowest BCUT2D eigenvalue weighted by atomic mass is 10.2. The maximum Gasteiger partial charge on any atom is 0.352 e. The van der Waals surface area contributed by atoms with Crippen LogP contribution in [0.5, 0.6) is 0 Å². The monoisotopic (exact) mass is 360 g/mol. The summed E-state index contributed by atoms with van der Waals surface area (Å²) in [6.45, 7) is 3.29. The van der Waals surface area contributed by atoms with Gasteiger partial charge in [0.25, 0.3) is 5.56 Å². The summed E-state index contributed by atoms with van der Waals surface area (Å²) in [5, 5.41) is 0.406. The molecule has 1 aromatic rings. The molecule has 0 N–H and O–H groups in total. The van der Waals surface area contributed by atoms with Crippen molar-refractivity contribution in [1.29, 1.82) is 0 Å². The van der Waals surface area contributed by atoms with Crippen LogP contribution in [0.1, 0.15) is 12.5 Å². The standard InChI is InChI=1S/C17H17ClN4O3/c1-2-25-9-8-22-16(23)13-4-3-7-21(15(13)20-17(22)24)11-12-5-6-14(18)19-10-12/h3-7,10H,2,8-9,11H2,1H3. The third-order valence-corrected chi connectivity index (χ3v) is 3.98. The van der Waals surface area contributed by atoms with E-state index in [4.69, 9.17) is 16.3 Å². The Labute approximate surface area is 148 Å². The van der Waals surface area contributed by atoms with Gasteiger partial charge in [0.1, 0.15) is 5.15 Å². The van der Waals surface area contributed by atoms with Crippen molar-refractivity contribution in [2.24, 2.45) is 0 Å². The van der Waals surface area contributed by atoms with E-state index in [2.05, 4.69) is 9.97 Å². The maximum absolute atomic E-state index is 12.6. The average Bonchev–Trinajstić information content (AvgIpc) is 2.60. The van der Waals surface area contributed by atoms with Crippen LogP contribution in [-0.4, -0.2) is 32.3 Å². The van der Waals surface area contributed by atoms with E-state index in [1.807, 2.05) is 13.0 Å². The third kappa shape index (κ3) is 3.78. The van der Waals surface area contributed by atoms with Crippen LogP contribution in [0, 0.1) is 0 Å². The SMILES string of the molecule is CCOCCn1c(=O)nc2n(Cc3ccc(Cl)nc3)cccc-2c1=O. The Balaban J connectivity index is 2.00. The minimum Gasteiger partial charge on any atom is -0.380 e. The predicted octanol–water partition coefficient (Wildman–Crippen LogP) is 1.64. The summed E-state index contributed by atoms with van der Waals surface area (Å²) in [5.74, 6) is 0.347. The Hall–Kier alpha value is -2.51. The summed E-state index contributed by atoms with van der Waals surface area (Å²) < 4.78 is 8.07. The molecule has 7 nitrogen and oxygen atoms in total. The zero-order chi connectivity index (χ0) is 17.8. The van der Waals surface area contributed by atoms with Crippen molar-refractivity contribution in [1.82, 2.24) is 19.1 Å². The number of hydrogen-bond donors (Lipinski definition) is 0. The van der Waals surface area contributed by atoms with E-state index in [1.165, 1.54) is 0 Å². The minimum atomic E-state index is -0.577. The molecule has 0 fully saturated rings. The van der Waals surface area contributed by atoms with Gasteiger partial charge in [-0.25, -0.2) is 9.78 Å². The maximum atomic E-state index is 12.6. The highest BCUT2D eigenvalue weighted by atomic mass is 35.5. The molecule has 25 heavy (non-hydrogen) atoms. The number of halogens is 1. The lowest BCUT2D eigenvalue weighted by Crippen LogP contribution is -2.39. The molecule has 1 aromatic heterocycles. The van der Waals surface area contributed by atoms with E-state index in [-0.39, 0.29) is 12.1 Å². The van der Waals surface area contributed by atoms with Crippen LogP contribution < -0.4 is 11.2 Å². The predicted molar refractivity (Wildman–Crippen MR) is 94.2 cm³/mol. The first-order valence-electron chi connectivity index (χ1n) is 7.88. The summed E-state index contributed by atoms with van der Waals surface area (Å²) >= 11 is 5.79. The molecule has 0 spiro atoms. The molecule has 0 unspecified atom stereocenters. The fourth-order valence-corrected chi connectivity index (χ4v) is 2.65. The lowest BCUT2D eigenvalue weighted by molar-refractivity contribution is 0.137. The van der Waals surface area contributed by atoms with Crippen LogP contribution in [0.2, 0.25) is 5.15 Å². The second-order valence-electron chi connectivity index (χ2n) is 5.41. The summed E-state index contributed by atoms with van der Waals surface area (Å²) in [6.07, 6.45) is 3.42. The van der Waals surface area contributed by atoms with E-state index in [9.17, 15) is 9.59 Å². The van der Waals surface area contributed by atoms with Gasteiger partial charge in [-0.05, 0) is 30.7 Å². The van der Waals surface area contributed by atoms with Gasteiger partial charge < -0.3 is 9.30 Å². The van der Waals surface area contributed by atoms with Gasteiger partial charge in [-0.2, -0.15) is 4.98 Å². The van der Waals surface area contributed by atoms with Crippen LogP contribution in [-0.2, 0) is 17.8 Å². The fraction of sp³-hybridized carbons (Fsp3) is 0.294. The molecular weight excluding hydrogens is 344 g/mol. The van der Waals surface area contributed by atoms with Gasteiger partial charge in [-0.1, -0.05) is 17.7 Å². The number of fused-ring (bicyclic) bond motifs is 1. The average molecular weight is 361 g/mol. The largest absolute Gasteiger partial charge is 0.380 e. The Kier molecular flexibility index (Phi) is 5.25. The van der Waals surface area contributed by atoms with Crippen LogP contribution in [0.25, 0.3) is 11.4 Å². The van der Waals surface area contributed by atoms with Gasteiger partial charge >= 0.3 is 5.69 Å². The van der Waals surface area contributed by atoms with E-state index in [0.717, 1.165) is 10.1 Å². The van der Waals surface area contributed by atoms with Crippen molar-refractivity contribution in [3.63, 3.8) is 0 Å². The molecule has 0 saturated heterocycles.